The maximum Gasteiger partial charge on any atom is 0.490 e. The molecule has 3 amide bonds. The summed E-state index contributed by atoms with van der Waals surface area (Å²) in [6.07, 6.45) is -4.68. The van der Waals surface area contributed by atoms with E-state index in [4.69, 9.17) is 20.4 Å². The van der Waals surface area contributed by atoms with Crippen molar-refractivity contribution < 1.29 is 42.2 Å². The summed E-state index contributed by atoms with van der Waals surface area (Å²) < 4.78 is 36.9. The third kappa shape index (κ3) is 16.7. The first-order valence-corrected chi connectivity index (χ1v) is 12.1. The first-order valence-electron chi connectivity index (χ1n) is 12.1. The third-order valence-corrected chi connectivity index (χ3v) is 4.66. The normalized spacial score (nSPS) is 12.1. The molecule has 2 unspecified atom stereocenters. The first kappa shape index (κ1) is 35.9. The summed E-state index contributed by atoms with van der Waals surface area (Å²) in [6.45, 7) is 5.33. The zero-order valence-corrected chi connectivity index (χ0v) is 23.0. The Labute approximate surface area is 231 Å². The lowest BCUT2D eigenvalue weighted by molar-refractivity contribution is -0.192. The summed E-state index contributed by atoms with van der Waals surface area (Å²) in [6, 6.07) is 18.1. The number of carboxylic acid groups (broad SMARTS) is 1. The van der Waals surface area contributed by atoms with Gasteiger partial charge in [-0.2, -0.15) is 13.2 Å². The van der Waals surface area contributed by atoms with Crippen LogP contribution in [0.4, 0.5) is 18.0 Å². The number of alkyl carbamates (subject to hydrolysis) is 1. The molecule has 0 fully saturated rings. The number of carbonyl (C=O) groups excluding carboxylic acids is 3. The molecule has 0 aromatic heterocycles. The van der Waals surface area contributed by atoms with E-state index in [2.05, 4.69) is 16.0 Å². The molecule has 0 bridgehead atoms. The van der Waals surface area contributed by atoms with Crippen LogP contribution in [-0.4, -0.2) is 66.9 Å². The first-order chi connectivity index (χ1) is 18.5. The van der Waals surface area contributed by atoms with Crippen molar-refractivity contribution in [2.24, 2.45) is 5.73 Å². The van der Waals surface area contributed by atoms with E-state index < -0.39 is 35.9 Å². The number of rotatable bonds is 7. The van der Waals surface area contributed by atoms with Crippen LogP contribution in [0.5, 0.6) is 0 Å². The molecular formula is C27H37F3N4O6. The summed E-state index contributed by atoms with van der Waals surface area (Å²) in [5.74, 6) is -3.13. The molecule has 0 saturated heterocycles. The Hall–Kier alpha value is -4.13. The number of carboxylic acids is 1. The largest absolute Gasteiger partial charge is 0.490 e. The second kappa shape index (κ2) is 17.5. The van der Waals surface area contributed by atoms with Gasteiger partial charge in [-0.05, 0) is 38.3 Å². The van der Waals surface area contributed by atoms with Gasteiger partial charge in [0.05, 0.1) is 6.04 Å². The van der Waals surface area contributed by atoms with Gasteiger partial charge in [0.25, 0.3) is 0 Å². The lowest BCUT2D eigenvalue weighted by Gasteiger charge is -2.23. The van der Waals surface area contributed by atoms with Crippen molar-refractivity contribution >= 4 is 23.9 Å². The number of hydrogen-bond donors (Lipinski definition) is 5. The van der Waals surface area contributed by atoms with E-state index in [0.717, 1.165) is 11.1 Å². The Bertz CT molecular complexity index is 1060. The minimum absolute atomic E-state index is 0.121. The number of halogens is 3. The second-order valence-corrected chi connectivity index (χ2v) is 9.22. The third-order valence-electron chi connectivity index (χ3n) is 4.66. The van der Waals surface area contributed by atoms with Crippen LogP contribution in [-0.2, 0) is 32.0 Å². The Kier molecular flexibility index (Phi) is 15.7. The molecule has 10 nitrogen and oxygen atoms in total. The average molecular weight is 571 g/mol. The molecular weight excluding hydrogens is 533 g/mol. The van der Waals surface area contributed by atoms with Gasteiger partial charge in [-0.15, -0.1) is 0 Å². The number of benzene rings is 2. The Morgan fingerprint density at radius 1 is 0.825 bits per heavy atom. The van der Waals surface area contributed by atoms with Gasteiger partial charge in [0.2, 0.25) is 11.8 Å². The molecule has 0 saturated carbocycles. The molecule has 222 valence electrons. The second-order valence-electron chi connectivity index (χ2n) is 9.22. The van der Waals surface area contributed by atoms with Crippen molar-refractivity contribution in [2.45, 2.75) is 57.5 Å². The molecule has 6 N–H and O–H groups in total. The van der Waals surface area contributed by atoms with Crippen molar-refractivity contribution in [3.63, 3.8) is 0 Å². The Morgan fingerprint density at radius 3 is 1.57 bits per heavy atom. The fourth-order valence-electron chi connectivity index (χ4n) is 2.83. The van der Waals surface area contributed by atoms with Gasteiger partial charge >= 0.3 is 18.2 Å². The van der Waals surface area contributed by atoms with Gasteiger partial charge < -0.3 is 31.5 Å². The SMILES string of the molecule is CNC(=O)C(Cc1ccccc1)NC(=O)OC(C)(C)C.CNC(=O)C(N)Cc1ccccc1.O=C(O)C(F)(F)F. The highest BCUT2D eigenvalue weighted by molar-refractivity contribution is 5.85. The predicted octanol–water partition coefficient (Wildman–Crippen LogP) is 2.80. The van der Waals surface area contributed by atoms with E-state index in [-0.39, 0.29) is 11.8 Å². The molecule has 0 aliphatic carbocycles. The average Bonchev–Trinajstić information content (AvgIpc) is 2.87. The summed E-state index contributed by atoms with van der Waals surface area (Å²) >= 11 is 0. The van der Waals surface area contributed by atoms with Crippen molar-refractivity contribution in [3.05, 3.63) is 71.8 Å². The van der Waals surface area contributed by atoms with Crippen LogP contribution >= 0.6 is 0 Å². The summed E-state index contributed by atoms with van der Waals surface area (Å²) in [5, 5.41) is 14.8. The highest BCUT2D eigenvalue weighted by atomic mass is 19.4. The van der Waals surface area contributed by atoms with Crippen molar-refractivity contribution in [1.29, 1.82) is 0 Å². The fourth-order valence-corrected chi connectivity index (χ4v) is 2.83. The lowest BCUT2D eigenvalue weighted by atomic mass is 10.1. The molecule has 0 aliphatic rings. The smallest absolute Gasteiger partial charge is 0.475 e. The number of nitrogens with two attached hydrogens (primary N) is 1. The van der Waals surface area contributed by atoms with E-state index in [1.54, 1.807) is 27.8 Å². The molecule has 13 heteroatoms. The van der Waals surface area contributed by atoms with Crippen LogP contribution in [0, 0.1) is 0 Å². The van der Waals surface area contributed by atoms with Crippen LogP contribution in [0.15, 0.2) is 60.7 Å². The summed E-state index contributed by atoms with van der Waals surface area (Å²) in [4.78, 5) is 43.6. The minimum Gasteiger partial charge on any atom is -0.475 e. The van der Waals surface area contributed by atoms with E-state index >= 15 is 0 Å². The van der Waals surface area contributed by atoms with Gasteiger partial charge in [0.1, 0.15) is 11.6 Å². The van der Waals surface area contributed by atoms with Gasteiger partial charge in [0, 0.05) is 20.5 Å². The van der Waals surface area contributed by atoms with Gasteiger partial charge in [-0.1, -0.05) is 60.7 Å². The Balaban J connectivity index is 0.000000649. The number of aliphatic carboxylic acids is 1. The maximum atomic E-state index is 11.8. The van der Waals surface area contributed by atoms with Crippen molar-refractivity contribution in [3.8, 4) is 0 Å². The number of ether oxygens (including phenoxy) is 1. The summed E-state index contributed by atoms with van der Waals surface area (Å²) in [7, 11) is 3.13. The van der Waals surface area contributed by atoms with Crippen LogP contribution in [0.2, 0.25) is 0 Å². The molecule has 2 aromatic carbocycles. The Morgan fingerprint density at radius 2 is 1.23 bits per heavy atom. The van der Waals surface area contributed by atoms with Crippen LogP contribution in [0.3, 0.4) is 0 Å². The number of hydrogen-bond acceptors (Lipinski definition) is 6. The van der Waals surface area contributed by atoms with Crippen LogP contribution in [0.1, 0.15) is 31.9 Å². The van der Waals surface area contributed by atoms with Crippen molar-refractivity contribution in [2.75, 3.05) is 14.1 Å². The quantitative estimate of drug-likeness (QED) is 0.342. The van der Waals surface area contributed by atoms with Crippen LogP contribution in [0.25, 0.3) is 0 Å². The zero-order valence-electron chi connectivity index (χ0n) is 23.0. The molecule has 0 aliphatic heterocycles. The highest BCUT2D eigenvalue weighted by Gasteiger charge is 2.38. The number of likely N-dealkylation sites (N-methyl/N-ethyl adjacent to an activating group) is 2. The van der Waals surface area contributed by atoms with Crippen LogP contribution < -0.4 is 21.7 Å². The molecule has 2 rings (SSSR count). The molecule has 40 heavy (non-hydrogen) atoms. The van der Waals surface area contributed by atoms with E-state index in [9.17, 15) is 27.6 Å². The molecule has 0 heterocycles. The number of amides is 3. The van der Waals surface area contributed by atoms with Gasteiger partial charge in [-0.3, -0.25) is 9.59 Å². The highest BCUT2D eigenvalue weighted by Crippen LogP contribution is 2.13. The fraction of sp³-hybridized carbons (Fsp3) is 0.407. The standard InChI is InChI=1S/C15H22N2O3.C10H14N2O.C2HF3O2/c1-15(2,3)20-14(19)17-12(13(18)16-4)10-11-8-6-5-7-9-11;1-12-10(13)9(11)7-8-5-3-2-4-6-8;3-2(4,5)1(6)7/h5-9,12H,10H2,1-4H3,(H,16,18)(H,17,19);2-6,9H,7,11H2,1H3,(H,12,13);(H,6,7). The molecule has 0 spiro atoms. The molecule has 0 radical (unpaired) electrons. The number of nitrogens with one attached hydrogen (secondary N) is 3. The topological polar surface area (TPSA) is 160 Å². The van der Waals surface area contributed by atoms with Gasteiger partial charge in [-0.25, -0.2) is 9.59 Å². The van der Waals surface area contributed by atoms with E-state index in [1.807, 2.05) is 60.7 Å². The van der Waals surface area contributed by atoms with E-state index in [1.165, 1.54) is 7.05 Å². The molecule has 2 atom stereocenters. The zero-order chi connectivity index (χ0) is 30.9. The van der Waals surface area contributed by atoms with E-state index in [0.29, 0.717) is 12.8 Å². The maximum absolute atomic E-state index is 11.8. The predicted molar refractivity (Wildman–Crippen MR) is 143 cm³/mol. The summed E-state index contributed by atoms with van der Waals surface area (Å²) in [5.41, 5.74) is 7.11. The lowest BCUT2D eigenvalue weighted by Crippen LogP contribution is -2.48. The van der Waals surface area contributed by atoms with Gasteiger partial charge in [0.15, 0.2) is 0 Å². The monoisotopic (exact) mass is 570 g/mol. The molecule has 2 aromatic rings. The minimum atomic E-state index is -5.08. The van der Waals surface area contributed by atoms with Crippen molar-refractivity contribution in [1.82, 2.24) is 16.0 Å². The number of carbonyl (C=O) groups is 4. The number of alkyl halides is 3.